The van der Waals surface area contributed by atoms with Gasteiger partial charge in [-0.2, -0.15) is 0 Å². The Hall–Kier alpha value is -4.44. The van der Waals surface area contributed by atoms with E-state index in [2.05, 4.69) is 5.32 Å². The Bertz CT molecular complexity index is 1400. The number of likely N-dealkylation sites (N-methyl/N-ethyl adjacent to an activating group) is 4. The van der Waals surface area contributed by atoms with Crippen molar-refractivity contribution in [1.29, 1.82) is 0 Å². The largest absolute Gasteiger partial charge is 0.467 e. The maximum absolute atomic E-state index is 14.4. The number of hydrogen-bond donors (Lipinski definition) is 2. The molecule has 0 bridgehead atoms. The first-order valence-electron chi connectivity index (χ1n) is 18.4. The molecule has 1 fully saturated rings. The van der Waals surface area contributed by atoms with Gasteiger partial charge in [0.1, 0.15) is 41.9 Å². The van der Waals surface area contributed by atoms with E-state index in [4.69, 9.17) is 15.2 Å². The molecule has 7 amide bonds. The number of nitrogens with two attached hydrogens (primary N) is 1. The first kappa shape index (κ1) is 47.6. The molecule has 0 saturated carbocycles. The molecule has 3 N–H and O–H groups in total. The van der Waals surface area contributed by atoms with Crippen LogP contribution in [-0.2, 0) is 43.0 Å². The van der Waals surface area contributed by atoms with E-state index in [1.54, 1.807) is 62.3 Å². The lowest BCUT2D eigenvalue weighted by molar-refractivity contribution is -0.158. The second-order valence-corrected chi connectivity index (χ2v) is 16.1. The summed E-state index contributed by atoms with van der Waals surface area (Å²) < 4.78 is 10.1. The van der Waals surface area contributed by atoms with Crippen LogP contribution in [0.25, 0.3) is 0 Å². The second kappa shape index (κ2) is 19.8. The average molecular weight is 768 g/mol. The van der Waals surface area contributed by atoms with E-state index in [1.165, 1.54) is 56.9 Å². The van der Waals surface area contributed by atoms with Gasteiger partial charge in [-0.3, -0.25) is 28.8 Å². The van der Waals surface area contributed by atoms with E-state index in [9.17, 15) is 38.4 Å². The number of carbonyl (C=O) groups excluding carboxylic acids is 8. The summed E-state index contributed by atoms with van der Waals surface area (Å²) in [5.41, 5.74) is 4.67. The van der Waals surface area contributed by atoms with Gasteiger partial charge in [-0.1, -0.05) is 41.5 Å². The zero-order valence-electron chi connectivity index (χ0n) is 34.9. The van der Waals surface area contributed by atoms with Crippen LogP contribution in [0.15, 0.2) is 0 Å². The number of methoxy groups -OCH3 is 1. The molecule has 0 aliphatic carbocycles. The van der Waals surface area contributed by atoms with Crippen molar-refractivity contribution in [3.8, 4) is 0 Å². The number of primary amides is 1. The Labute approximate surface area is 320 Å². The van der Waals surface area contributed by atoms with Crippen molar-refractivity contribution in [2.24, 2.45) is 23.5 Å². The third kappa shape index (κ3) is 12.0. The highest BCUT2D eigenvalue weighted by Crippen LogP contribution is 2.26. The van der Waals surface area contributed by atoms with Crippen molar-refractivity contribution in [1.82, 2.24) is 29.8 Å². The Morgan fingerprint density at radius 3 is 1.72 bits per heavy atom. The Morgan fingerprint density at radius 1 is 0.759 bits per heavy atom. The molecule has 0 spiro atoms. The summed E-state index contributed by atoms with van der Waals surface area (Å²) in [7, 11) is 6.82. The second-order valence-electron chi connectivity index (χ2n) is 16.1. The standard InChI is InChI=1S/C37H65N7O10/c1-20(2)27(39-36(52)54-37(8,9)10)32(48)42(13)28(21(3)4)33(49)43(14)29(22(5)6)34(50)44-18-16-17-24(44)30(46)41(12)25(19-26(38)45)31(47)40(11)23(7)35(51)53-15/h20-25,27-29H,16-19H2,1-15H3,(H2,38,45)(H,39,52)/t23-,24+,25+,27+,28?,29+/m1/s1. The lowest BCUT2D eigenvalue weighted by atomic mass is 9.95. The predicted octanol–water partition coefficient (Wildman–Crippen LogP) is 1.22. The molecule has 308 valence electrons. The zero-order valence-corrected chi connectivity index (χ0v) is 34.9. The summed E-state index contributed by atoms with van der Waals surface area (Å²) in [6.45, 7) is 17.4. The maximum atomic E-state index is 14.4. The van der Waals surface area contributed by atoms with E-state index in [1.807, 2.05) is 0 Å². The molecule has 1 rings (SSSR count). The van der Waals surface area contributed by atoms with Crippen molar-refractivity contribution < 1.29 is 47.8 Å². The van der Waals surface area contributed by atoms with Gasteiger partial charge in [-0.15, -0.1) is 0 Å². The summed E-state index contributed by atoms with van der Waals surface area (Å²) in [5.74, 6) is -5.58. The van der Waals surface area contributed by atoms with Gasteiger partial charge in [-0.25, -0.2) is 9.59 Å². The summed E-state index contributed by atoms with van der Waals surface area (Å²) in [6, 6.07) is -6.48. The molecule has 17 heteroatoms. The highest BCUT2D eigenvalue weighted by Gasteiger charge is 2.46. The number of amides is 7. The van der Waals surface area contributed by atoms with Crippen LogP contribution in [0.3, 0.4) is 0 Å². The zero-order chi connectivity index (χ0) is 42.2. The van der Waals surface area contributed by atoms with E-state index >= 15 is 0 Å². The molecular formula is C37H65N7O10. The highest BCUT2D eigenvalue weighted by atomic mass is 16.6. The van der Waals surface area contributed by atoms with Crippen LogP contribution in [0.4, 0.5) is 4.79 Å². The molecule has 6 atom stereocenters. The molecule has 0 aromatic carbocycles. The molecule has 0 radical (unpaired) electrons. The van der Waals surface area contributed by atoms with Gasteiger partial charge in [-0.05, 0) is 58.3 Å². The molecular weight excluding hydrogens is 702 g/mol. The van der Waals surface area contributed by atoms with Gasteiger partial charge in [0.2, 0.25) is 35.4 Å². The third-order valence-electron chi connectivity index (χ3n) is 9.69. The first-order chi connectivity index (χ1) is 24.7. The van der Waals surface area contributed by atoms with Gasteiger partial charge in [0.15, 0.2) is 0 Å². The minimum atomic E-state index is -1.37. The number of likely N-dealkylation sites (tertiary alicyclic amines) is 1. The van der Waals surface area contributed by atoms with E-state index in [0.717, 1.165) is 9.80 Å². The van der Waals surface area contributed by atoms with Crippen LogP contribution in [0.5, 0.6) is 0 Å². The van der Waals surface area contributed by atoms with E-state index < -0.39 is 108 Å². The average Bonchev–Trinajstić information content (AvgIpc) is 3.56. The van der Waals surface area contributed by atoms with Crippen LogP contribution in [0, 0.1) is 17.8 Å². The number of nitrogens with one attached hydrogen (secondary N) is 1. The number of hydrogen-bond acceptors (Lipinski definition) is 10. The lowest BCUT2D eigenvalue weighted by Gasteiger charge is -2.41. The minimum Gasteiger partial charge on any atom is -0.467 e. The number of esters is 1. The van der Waals surface area contributed by atoms with Crippen molar-refractivity contribution in [3.05, 3.63) is 0 Å². The number of nitrogens with zero attached hydrogens (tertiary/aromatic N) is 5. The normalized spacial score (nSPS) is 17.2. The lowest BCUT2D eigenvalue weighted by Crippen LogP contribution is -2.62. The van der Waals surface area contributed by atoms with Gasteiger partial charge in [0.05, 0.1) is 13.5 Å². The number of ether oxygens (including phenoxy) is 2. The molecule has 1 aliphatic rings. The monoisotopic (exact) mass is 767 g/mol. The maximum Gasteiger partial charge on any atom is 0.408 e. The van der Waals surface area contributed by atoms with Gasteiger partial charge < -0.3 is 45.0 Å². The number of rotatable bonds is 16. The molecule has 1 heterocycles. The van der Waals surface area contributed by atoms with E-state index in [-0.39, 0.29) is 18.9 Å². The van der Waals surface area contributed by atoms with Crippen molar-refractivity contribution in [2.75, 3.05) is 41.8 Å². The smallest absolute Gasteiger partial charge is 0.408 e. The van der Waals surface area contributed by atoms with E-state index in [0.29, 0.717) is 6.42 Å². The van der Waals surface area contributed by atoms with Crippen LogP contribution < -0.4 is 11.1 Å². The summed E-state index contributed by atoms with van der Waals surface area (Å²) in [6.07, 6.45) is -0.582. The van der Waals surface area contributed by atoms with Gasteiger partial charge in [0.25, 0.3) is 0 Å². The number of carbonyl (C=O) groups is 8. The SMILES string of the molecule is COC(=O)[C@@H](C)N(C)C(=O)[C@H](CC(N)=O)N(C)C(=O)[C@@H]1CCCN1C(=O)[C@H](C(C)C)N(C)C(=O)C(C(C)C)N(C)C(=O)[C@@H](NC(=O)OC(C)(C)C)C(C)C. The minimum absolute atomic E-state index is 0.195. The van der Waals surface area contributed by atoms with Crippen LogP contribution in [-0.4, -0.2) is 156 Å². The molecule has 17 nitrogen and oxygen atoms in total. The third-order valence-corrected chi connectivity index (χ3v) is 9.69. The Kier molecular flexibility index (Phi) is 17.4. The van der Waals surface area contributed by atoms with Crippen LogP contribution in [0.1, 0.15) is 88.5 Å². The molecule has 1 aliphatic heterocycles. The molecule has 54 heavy (non-hydrogen) atoms. The van der Waals surface area contributed by atoms with Crippen molar-refractivity contribution in [3.63, 3.8) is 0 Å². The summed E-state index contributed by atoms with van der Waals surface area (Å²) in [4.78, 5) is 113. The molecule has 0 aromatic rings. The predicted molar refractivity (Wildman–Crippen MR) is 200 cm³/mol. The fourth-order valence-corrected chi connectivity index (χ4v) is 6.63. The number of alkyl carbamates (subject to hydrolysis) is 1. The summed E-state index contributed by atoms with van der Waals surface area (Å²) in [5, 5.41) is 2.64. The van der Waals surface area contributed by atoms with Crippen LogP contribution >= 0.6 is 0 Å². The highest BCUT2D eigenvalue weighted by molar-refractivity contribution is 5.98. The van der Waals surface area contributed by atoms with Crippen molar-refractivity contribution in [2.45, 2.75) is 130 Å². The summed E-state index contributed by atoms with van der Waals surface area (Å²) >= 11 is 0. The molecule has 0 aromatic heterocycles. The molecule has 1 saturated heterocycles. The van der Waals surface area contributed by atoms with Crippen molar-refractivity contribution >= 4 is 47.5 Å². The fraction of sp³-hybridized carbons (Fsp3) is 0.784. The van der Waals surface area contributed by atoms with Crippen LogP contribution in [0.2, 0.25) is 0 Å². The van der Waals surface area contributed by atoms with Gasteiger partial charge >= 0.3 is 12.1 Å². The van der Waals surface area contributed by atoms with Gasteiger partial charge in [0, 0.05) is 34.7 Å². The topological polar surface area (TPSA) is 209 Å². The fourth-order valence-electron chi connectivity index (χ4n) is 6.63. The molecule has 1 unspecified atom stereocenters. The first-order valence-corrected chi connectivity index (χ1v) is 18.4. The Balaban J connectivity index is 3.43. The quantitative estimate of drug-likeness (QED) is 0.215. The Morgan fingerprint density at radius 2 is 1.28 bits per heavy atom.